The van der Waals surface area contributed by atoms with Crippen LogP contribution in [0.4, 0.5) is 0 Å². The molecular weight excluding hydrogens is 124 g/mol. The molecule has 50 valence electrons. The molecule has 2 heterocycles. The molecule has 1 aliphatic heterocycles. The maximum atomic E-state index is 4.21. The fourth-order valence-electron chi connectivity index (χ4n) is 1.05. The van der Waals surface area contributed by atoms with Crippen LogP contribution in [0.25, 0.3) is 6.08 Å². The quantitative estimate of drug-likeness (QED) is 0.573. The van der Waals surface area contributed by atoms with Gasteiger partial charge in [0.2, 0.25) is 0 Å². The molecule has 0 aliphatic carbocycles. The van der Waals surface area contributed by atoms with E-state index in [1.165, 1.54) is 5.56 Å². The zero-order valence-corrected chi connectivity index (χ0v) is 5.54. The van der Waals surface area contributed by atoms with E-state index < -0.39 is 0 Å². The fraction of sp³-hybridized carbons (Fsp3) is 0.125. The number of nitrogens with zero attached hydrogens (tertiary/aromatic N) is 1. The van der Waals surface area contributed by atoms with Crippen molar-refractivity contribution >= 4 is 6.08 Å². The standard InChI is InChI=1S/C8H8N2/c1-2-7-3-5-9-6-8(7)10-4-1/h1-5,9H,6H2. The fourth-order valence-corrected chi connectivity index (χ4v) is 1.05. The summed E-state index contributed by atoms with van der Waals surface area (Å²) >= 11 is 0. The second kappa shape index (κ2) is 2.14. The Bertz CT molecular complexity index is 266. The van der Waals surface area contributed by atoms with Crippen LogP contribution >= 0.6 is 0 Å². The van der Waals surface area contributed by atoms with Gasteiger partial charge in [-0.15, -0.1) is 0 Å². The van der Waals surface area contributed by atoms with Crippen molar-refractivity contribution in [2.75, 3.05) is 0 Å². The molecule has 0 spiro atoms. The Labute approximate surface area is 59.6 Å². The second-order valence-electron chi connectivity index (χ2n) is 2.25. The van der Waals surface area contributed by atoms with Crippen LogP contribution in [0, 0.1) is 0 Å². The molecule has 1 aromatic rings. The van der Waals surface area contributed by atoms with Crippen LogP contribution in [0.3, 0.4) is 0 Å². The number of hydrogen-bond donors (Lipinski definition) is 1. The van der Waals surface area contributed by atoms with Gasteiger partial charge in [-0.3, -0.25) is 4.98 Å². The van der Waals surface area contributed by atoms with Crippen LogP contribution in [0.15, 0.2) is 24.5 Å². The van der Waals surface area contributed by atoms with Gasteiger partial charge < -0.3 is 5.32 Å². The first-order chi connectivity index (χ1) is 4.97. The van der Waals surface area contributed by atoms with E-state index in [0.717, 1.165) is 12.2 Å². The smallest absolute Gasteiger partial charge is 0.0667 e. The summed E-state index contributed by atoms with van der Waals surface area (Å²) in [4.78, 5) is 4.21. The summed E-state index contributed by atoms with van der Waals surface area (Å²) in [6.45, 7) is 0.854. The van der Waals surface area contributed by atoms with Gasteiger partial charge in [0.25, 0.3) is 0 Å². The van der Waals surface area contributed by atoms with Gasteiger partial charge in [-0.1, -0.05) is 6.07 Å². The van der Waals surface area contributed by atoms with Crippen LogP contribution in [0.5, 0.6) is 0 Å². The van der Waals surface area contributed by atoms with Gasteiger partial charge in [-0.2, -0.15) is 0 Å². The number of hydrogen-bond acceptors (Lipinski definition) is 2. The molecule has 0 atom stereocenters. The van der Waals surface area contributed by atoms with Crippen molar-refractivity contribution in [3.05, 3.63) is 35.8 Å². The van der Waals surface area contributed by atoms with E-state index in [0.29, 0.717) is 0 Å². The van der Waals surface area contributed by atoms with Gasteiger partial charge in [-0.05, 0) is 23.9 Å². The lowest BCUT2D eigenvalue weighted by molar-refractivity contribution is 0.823. The van der Waals surface area contributed by atoms with Crippen LogP contribution < -0.4 is 5.32 Å². The molecule has 0 amide bonds. The predicted octanol–water partition coefficient (Wildman–Crippen LogP) is 1.16. The summed E-state index contributed by atoms with van der Waals surface area (Å²) in [5.74, 6) is 0. The Kier molecular flexibility index (Phi) is 1.17. The average molecular weight is 132 g/mol. The largest absolute Gasteiger partial charge is 0.385 e. The summed E-state index contributed by atoms with van der Waals surface area (Å²) in [6.07, 6.45) is 5.80. The third-order valence-electron chi connectivity index (χ3n) is 1.58. The third kappa shape index (κ3) is 0.778. The SMILES string of the molecule is C1=Cc2cccnc2CN1. The van der Waals surface area contributed by atoms with Gasteiger partial charge in [-0.25, -0.2) is 0 Å². The summed E-state index contributed by atoms with van der Waals surface area (Å²) in [5.41, 5.74) is 2.35. The van der Waals surface area contributed by atoms with Gasteiger partial charge in [0.15, 0.2) is 0 Å². The highest BCUT2D eigenvalue weighted by Crippen LogP contribution is 2.09. The van der Waals surface area contributed by atoms with Crippen LogP contribution in [0.2, 0.25) is 0 Å². The molecule has 1 N–H and O–H groups in total. The monoisotopic (exact) mass is 132 g/mol. The van der Waals surface area contributed by atoms with Crippen LogP contribution in [-0.4, -0.2) is 4.98 Å². The molecular formula is C8H8N2. The van der Waals surface area contributed by atoms with Crippen molar-refractivity contribution in [1.82, 2.24) is 10.3 Å². The first kappa shape index (κ1) is 5.47. The first-order valence-electron chi connectivity index (χ1n) is 3.30. The topological polar surface area (TPSA) is 24.9 Å². The average Bonchev–Trinajstić information content (AvgIpc) is 2.05. The predicted molar refractivity (Wildman–Crippen MR) is 40.1 cm³/mol. The first-order valence-corrected chi connectivity index (χ1v) is 3.30. The molecule has 0 aromatic carbocycles. The molecule has 2 heteroatoms. The zero-order chi connectivity index (χ0) is 6.81. The van der Waals surface area contributed by atoms with Crippen molar-refractivity contribution in [1.29, 1.82) is 0 Å². The van der Waals surface area contributed by atoms with Gasteiger partial charge >= 0.3 is 0 Å². The molecule has 0 radical (unpaired) electrons. The van der Waals surface area contributed by atoms with E-state index >= 15 is 0 Å². The minimum atomic E-state index is 0.854. The van der Waals surface area contributed by atoms with Gasteiger partial charge in [0, 0.05) is 6.20 Å². The normalized spacial score (nSPS) is 14.0. The molecule has 0 saturated carbocycles. The summed E-state index contributed by atoms with van der Waals surface area (Å²) < 4.78 is 0. The van der Waals surface area contributed by atoms with Crippen LogP contribution in [0.1, 0.15) is 11.3 Å². The number of rotatable bonds is 0. The van der Waals surface area contributed by atoms with E-state index in [4.69, 9.17) is 0 Å². The second-order valence-corrected chi connectivity index (χ2v) is 2.25. The van der Waals surface area contributed by atoms with Crippen molar-refractivity contribution in [2.45, 2.75) is 6.54 Å². The number of aromatic nitrogens is 1. The van der Waals surface area contributed by atoms with Gasteiger partial charge in [0.1, 0.15) is 0 Å². The molecule has 1 aromatic heterocycles. The number of nitrogens with one attached hydrogen (secondary N) is 1. The summed E-state index contributed by atoms with van der Waals surface area (Å²) in [6, 6.07) is 4.02. The Morgan fingerprint density at radius 3 is 3.40 bits per heavy atom. The minimum Gasteiger partial charge on any atom is -0.385 e. The lowest BCUT2D eigenvalue weighted by atomic mass is 10.1. The van der Waals surface area contributed by atoms with E-state index in [9.17, 15) is 0 Å². The third-order valence-corrected chi connectivity index (χ3v) is 1.58. The molecule has 0 fully saturated rings. The summed E-state index contributed by atoms with van der Waals surface area (Å²) in [5, 5.41) is 3.10. The van der Waals surface area contributed by atoms with E-state index in [1.54, 1.807) is 0 Å². The lowest BCUT2D eigenvalue weighted by Gasteiger charge is -2.08. The Balaban J connectivity index is 2.54. The van der Waals surface area contributed by atoms with Gasteiger partial charge in [0.05, 0.1) is 12.2 Å². The van der Waals surface area contributed by atoms with E-state index in [2.05, 4.69) is 16.4 Å². The number of fused-ring (bicyclic) bond motifs is 1. The molecule has 2 rings (SSSR count). The Morgan fingerprint density at radius 2 is 2.50 bits per heavy atom. The Hall–Kier alpha value is -1.31. The molecule has 0 saturated heterocycles. The summed E-state index contributed by atoms with van der Waals surface area (Å²) in [7, 11) is 0. The van der Waals surface area contributed by atoms with Crippen molar-refractivity contribution < 1.29 is 0 Å². The highest BCUT2D eigenvalue weighted by atomic mass is 14.9. The highest BCUT2D eigenvalue weighted by Gasteiger charge is 2.01. The zero-order valence-electron chi connectivity index (χ0n) is 5.54. The molecule has 10 heavy (non-hydrogen) atoms. The van der Waals surface area contributed by atoms with E-state index in [1.807, 2.05) is 24.5 Å². The van der Waals surface area contributed by atoms with Crippen molar-refractivity contribution in [3.8, 4) is 0 Å². The molecule has 2 nitrogen and oxygen atoms in total. The maximum absolute atomic E-state index is 4.21. The minimum absolute atomic E-state index is 0.854. The maximum Gasteiger partial charge on any atom is 0.0667 e. The molecule has 0 unspecified atom stereocenters. The van der Waals surface area contributed by atoms with Crippen molar-refractivity contribution in [2.24, 2.45) is 0 Å². The number of pyridine rings is 1. The molecule has 0 bridgehead atoms. The van der Waals surface area contributed by atoms with E-state index in [-0.39, 0.29) is 0 Å². The Morgan fingerprint density at radius 1 is 1.50 bits per heavy atom. The highest BCUT2D eigenvalue weighted by molar-refractivity contribution is 5.52. The van der Waals surface area contributed by atoms with Crippen LogP contribution in [-0.2, 0) is 6.54 Å². The molecule has 1 aliphatic rings. The van der Waals surface area contributed by atoms with Crippen molar-refractivity contribution in [3.63, 3.8) is 0 Å². The lowest BCUT2D eigenvalue weighted by Crippen LogP contribution is -2.11.